The lowest BCUT2D eigenvalue weighted by Crippen LogP contribution is -2.45. The van der Waals surface area contributed by atoms with Gasteiger partial charge in [-0.2, -0.15) is 13.2 Å². The maximum absolute atomic E-state index is 12.2. The molecule has 0 aromatic rings. The van der Waals surface area contributed by atoms with E-state index in [0.29, 0.717) is 12.1 Å². The van der Waals surface area contributed by atoms with E-state index in [0.717, 1.165) is 37.5 Å². The van der Waals surface area contributed by atoms with Crippen molar-refractivity contribution in [3.63, 3.8) is 0 Å². The average Bonchev–Trinajstić information content (AvgIpc) is 2.98. The third-order valence-electron chi connectivity index (χ3n) is 5.30. The normalized spacial score (nSPS) is 41.2. The minimum absolute atomic E-state index is 0.221. The zero-order chi connectivity index (χ0) is 14.2. The van der Waals surface area contributed by atoms with Crippen LogP contribution in [-0.4, -0.2) is 31.0 Å². The van der Waals surface area contributed by atoms with Crippen molar-refractivity contribution in [2.75, 3.05) is 6.61 Å². The lowest BCUT2D eigenvalue weighted by molar-refractivity contribution is -0.188. The maximum Gasteiger partial charge on any atom is 0.411 e. The maximum atomic E-state index is 12.2. The fourth-order valence-electron chi connectivity index (χ4n) is 4.41. The van der Waals surface area contributed by atoms with E-state index in [1.807, 2.05) is 0 Å². The summed E-state index contributed by atoms with van der Waals surface area (Å²) < 4.78 is 41.6. The van der Waals surface area contributed by atoms with E-state index in [1.165, 1.54) is 25.7 Å². The van der Waals surface area contributed by atoms with Crippen molar-refractivity contribution in [1.29, 1.82) is 0 Å². The van der Waals surface area contributed by atoms with Crippen LogP contribution in [-0.2, 0) is 4.74 Å². The number of fused-ring (bicyclic) bond motifs is 2. The lowest BCUT2D eigenvalue weighted by atomic mass is 9.89. The van der Waals surface area contributed by atoms with Crippen molar-refractivity contribution in [3.8, 4) is 0 Å². The fourth-order valence-corrected chi connectivity index (χ4v) is 4.41. The van der Waals surface area contributed by atoms with Crippen molar-refractivity contribution < 1.29 is 17.9 Å². The number of alkyl halides is 3. The highest BCUT2D eigenvalue weighted by Crippen LogP contribution is 2.45. The average molecular weight is 291 g/mol. The van der Waals surface area contributed by atoms with Crippen LogP contribution >= 0.6 is 0 Å². The van der Waals surface area contributed by atoms with Gasteiger partial charge in [0, 0.05) is 12.1 Å². The van der Waals surface area contributed by atoms with E-state index >= 15 is 0 Å². The number of hydrogen-bond acceptors (Lipinski definition) is 2. The Labute approximate surface area is 118 Å². The van der Waals surface area contributed by atoms with Gasteiger partial charge in [-0.1, -0.05) is 6.42 Å². The Bertz CT molecular complexity index is 334. The summed E-state index contributed by atoms with van der Waals surface area (Å²) in [5, 5.41) is 3.72. The van der Waals surface area contributed by atoms with Crippen LogP contribution in [0.15, 0.2) is 0 Å². The van der Waals surface area contributed by atoms with Crippen LogP contribution in [0.4, 0.5) is 13.2 Å². The Morgan fingerprint density at radius 3 is 2.50 bits per heavy atom. The second-order valence-electron chi connectivity index (χ2n) is 6.86. The van der Waals surface area contributed by atoms with E-state index in [1.54, 1.807) is 0 Å². The molecule has 5 atom stereocenters. The van der Waals surface area contributed by atoms with E-state index < -0.39 is 12.8 Å². The highest BCUT2D eigenvalue weighted by molar-refractivity contribution is 4.96. The van der Waals surface area contributed by atoms with Crippen molar-refractivity contribution in [2.24, 2.45) is 11.8 Å². The topological polar surface area (TPSA) is 21.3 Å². The Morgan fingerprint density at radius 1 is 1.00 bits per heavy atom. The van der Waals surface area contributed by atoms with Crippen molar-refractivity contribution in [2.45, 2.75) is 75.7 Å². The Balaban J connectivity index is 1.44. The van der Waals surface area contributed by atoms with Gasteiger partial charge >= 0.3 is 6.18 Å². The molecule has 2 bridgehead atoms. The molecule has 5 unspecified atom stereocenters. The summed E-state index contributed by atoms with van der Waals surface area (Å²) >= 11 is 0. The minimum Gasteiger partial charge on any atom is -0.369 e. The summed E-state index contributed by atoms with van der Waals surface area (Å²) in [6, 6.07) is 0.964. The monoisotopic (exact) mass is 291 g/mol. The van der Waals surface area contributed by atoms with E-state index in [4.69, 9.17) is 4.74 Å². The third-order valence-corrected chi connectivity index (χ3v) is 5.30. The molecule has 3 aliphatic rings. The molecule has 0 spiro atoms. The molecule has 3 aliphatic carbocycles. The number of rotatable bonds is 4. The van der Waals surface area contributed by atoms with Gasteiger partial charge in [0.05, 0.1) is 6.10 Å². The first-order valence-electron chi connectivity index (χ1n) is 7.94. The number of hydrogen-bond donors (Lipinski definition) is 1. The lowest BCUT2D eigenvalue weighted by Gasteiger charge is -2.34. The van der Waals surface area contributed by atoms with Crippen LogP contribution in [0.5, 0.6) is 0 Å². The van der Waals surface area contributed by atoms with Crippen LogP contribution in [0.25, 0.3) is 0 Å². The second-order valence-corrected chi connectivity index (χ2v) is 6.86. The molecule has 0 radical (unpaired) electrons. The van der Waals surface area contributed by atoms with Crippen LogP contribution in [0, 0.1) is 11.8 Å². The molecular formula is C15H24F3NO. The zero-order valence-electron chi connectivity index (χ0n) is 11.8. The first-order valence-corrected chi connectivity index (χ1v) is 7.94. The standard InChI is InChI=1S/C15H24F3NO/c16-15(17,18)9-20-13-3-1-2-12(8-13)19-14-7-10-4-5-11(14)6-10/h10-14,19H,1-9H2. The SMILES string of the molecule is FC(F)(F)COC1CCCC(NC2CC3CCC2C3)C1. The number of nitrogens with one attached hydrogen (secondary N) is 1. The van der Waals surface area contributed by atoms with Crippen LogP contribution in [0.2, 0.25) is 0 Å². The van der Waals surface area contributed by atoms with Crippen LogP contribution in [0.1, 0.15) is 51.4 Å². The minimum atomic E-state index is -4.20. The summed E-state index contributed by atoms with van der Waals surface area (Å²) in [5.41, 5.74) is 0. The highest BCUT2D eigenvalue weighted by atomic mass is 19.4. The van der Waals surface area contributed by atoms with Gasteiger partial charge in [0.2, 0.25) is 0 Å². The predicted molar refractivity (Wildman–Crippen MR) is 70.4 cm³/mol. The van der Waals surface area contributed by atoms with Crippen molar-refractivity contribution in [1.82, 2.24) is 5.32 Å². The van der Waals surface area contributed by atoms with Crippen LogP contribution < -0.4 is 5.32 Å². The first-order chi connectivity index (χ1) is 9.49. The van der Waals surface area contributed by atoms with Gasteiger partial charge in [-0.25, -0.2) is 0 Å². The molecular weight excluding hydrogens is 267 g/mol. The van der Waals surface area contributed by atoms with Crippen LogP contribution in [0.3, 0.4) is 0 Å². The molecule has 3 rings (SSSR count). The Kier molecular flexibility index (Phi) is 4.27. The zero-order valence-corrected chi connectivity index (χ0v) is 11.8. The summed E-state index contributed by atoms with van der Waals surface area (Å²) in [7, 11) is 0. The van der Waals surface area contributed by atoms with E-state index in [2.05, 4.69) is 5.32 Å². The Morgan fingerprint density at radius 2 is 1.85 bits per heavy atom. The largest absolute Gasteiger partial charge is 0.411 e. The molecule has 116 valence electrons. The molecule has 0 aliphatic heterocycles. The molecule has 0 aromatic carbocycles. The van der Waals surface area contributed by atoms with Gasteiger partial charge in [0.1, 0.15) is 6.61 Å². The molecule has 0 heterocycles. The van der Waals surface area contributed by atoms with Crippen molar-refractivity contribution >= 4 is 0 Å². The molecule has 3 saturated carbocycles. The van der Waals surface area contributed by atoms with E-state index in [-0.39, 0.29) is 6.10 Å². The van der Waals surface area contributed by atoms with Gasteiger partial charge in [0.25, 0.3) is 0 Å². The molecule has 5 heteroatoms. The predicted octanol–water partition coefficient (Wildman–Crippen LogP) is 3.65. The number of ether oxygens (including phenoxy) is 1. The third kappa shape index (κ3) is 3.67. The Hall–Kier alpha value is -0.290. The summed E-state index contributed by atoms with van der Waals surface area (Å²) in [4.78, 5) is 0. The first kappa shape index (κ1) is 14.6. The second kappa shape index (κ2) is 5.84. The van der Waals surface area contributed by atoms with Gasteiger partial charge < -0.3 is 10.1 Å². The van der Waals surface area contributed by atoms with Gasteiger partial charge in [-0.3, -0.25) is 0 Å². The summed E-state index contributed by atoms with van der Waals surface area (Å²) in [6.45, 7) is -1.10. The summed E-state index contributed by atoms with van der Waals surface area (Å²) in [5.74, 6) is 1.72. The van der Waals surface area contributed by atoms with Crippen molar-refractivity contribution in [3.05, 3.63) is 0 Å². The molecule has 0 amide bonds. The number of halogens is 3. The summed E-state index contributed by atoms with van der Waals surface area (Å²) in [6.07, 6.45) is 4.49. The van der Waals surface area contributed by atoms with Gasteiger partial charge in [-0.05, 0) is 56.8 Å². The molecule has 0 aromatic heterocycles. The molecule has 2 nitrogen and oxygen atoms in total. The molecule has 0 saturated heterocycles. The fraction of sp³-hybridized carbons (Fsp3) is 1.00. The molecule has 20 heavy (non-hydrogen) atoms. The quantitative estimate of drug-likeness (QED) is 0.853. The molecule has 3 fully saturated rings. The van der Waals surface area contributed by atoms with E-state index in [9.17, 15) is 13.2 Å². The smallest absolute Gasteiger partial charge is 0.369 e. The highest BCUT2D eigenvalue weighted by Gasteiger charge is 2.40. The van der Waals surface area contributed by atoms with Gasteiger partial charge in [-0.15, -0.1) is 0 Å². The van der Waals surface area contributed by atoms with Gasteiger partial charge in [0.15, 0.2) is 0 Å². The molecule has 1 N–H and O–H groups in total.